The van der Waals surface area contributed by atoms with Gasteiger partial charge in [-0.2, -0.15) is 5.26 Å². The van der Waals surface area contributed by atoms with E-state index < -0.39 is 23.2 Å². The van der Waals surface area contributed by atoms with Crippen LogP contribution >= 0.6 is 11.3 Å². The molecule has 0 aliphatic rings. The van der Waals surface area contributed by atoms with Crippen LogP contribution in [0.1, 0.15) is 29.0 Å². The maximum absolute atomic E-state index is 14.7. The minimum absolute atomic E-state index is 0.0524. The number of aliphatic hydroxyl groups is 1. The molecule has 0 saturated carbocycles. The minimum Gasteiger partial charge on any atom is -0.383 e. The summed E-state index contributed by atoms with van der Waals surface area (Å²) >= 11 is 1.31. The highest BCUT2D eigenvalue weighted by molar-refractivity contribution is 7.10. The number of halogens is 2. The highest BCUT2D eigenvalue weighted by Gasteiger charge is 2.42. The Morgan fingerprint density at radius 1 is 1.29 bits per heavy atom. The van der Waals surface area contributed by atoms with E-state index in [4.69, 9.17) is 11.0 Å². The van der Waals surface area contributed by atoms with Gasteiger partial charge in [-0.3, -0.25) is 5.43 Å². The van der Waals surface area contributed by atoms with E-state index in [9.17, 15) is 13.9 Å². The van der Waals surface area contributed by atoms with Crippen LogP contribution in [0.15, 0.2) is 47.8 Å². The zero-order chi connectivity index (χ0) is 22.6. The van der Waals surface area contributed by atoms with Gasteiger partial charge in [0, 0.05) is 29.0 Å². The van der Waals surface area contributed by atoms with Crippen LogP contribution < -0.4 is 11.2 Å². The predicted octanol–water partition coefficient (Wildman–Crippen LogP) is 3.30. The molecule has 31 heavy (non-hydrogen) atoms. The second-order valence-corrected chi connectivity index (χ2v) is 8.02. The van der Waals surface area contributed by atoms with Crippen molar-refractivity contribution in [2.24, 2.45) is 5.73 Å². The average molecular weight is 444 g/mol. The van der Waals surface area contributed by atoms with E-state index in [1.165, 1.54) is 16.3 Å². The number of nitrogens with two attached hydrogens (primary N) is 1. The third-order valence-corrected chi connectivity index (χ3v) is 6.31. The third-order valence-electron chi connectivity index (χ3n) is 5.28. The molecule has 4 N–H and O–H groups in total. The fourth-order valence-corrected chi connectivity index (χ4v) is 4.32. The number of nitrogens with one attached hydrogen (secondary N) is 1. The zero-order valence-corrected chi connectivity index (χ0v) is 18.0. The van der Waals surface area contributed by atoms with Crippen LogP contribution in [0, 0.1) is 23.0 Å². The molecule has 0 spiro atoms. The minimum atomic E-state index is -1.81. The molecule has 0 radical (unpaired) electrons. The number of nitriles is 1. The van der Waals surface area contributed by atoms with E-state index >= 15 is 0 Å². The van der Waals surface area contributed by atoms with E-state index in [2.05, 4.69) is 16.5 Å². The van der Waals surface area contributed by atoms with Gasteiger partial charge in [0.25, 0.3) is 0 Å². The molecule has 0 amide bonds. The van der Waals surface area contributed by atoms with Gasteiger partial charge in [-0.1, -0.05) is 19.1 Å². The number of nitrogens with zero attached hydrogens (tertiary/aromatic N) is 3. The smallest absolute Gasteiger partial charge is 0.129 e. The molecule has 0 aliphatic heterocycles. The molecule has 1 heterocycles. The maximum atomic E-state index is 14.7. The summed E-state index contributed by atoms with van der Waals surface area (Å²) in [5, 5.41) is 24.5. The topological polar surface area (TPSA) is 98.2 Å². The Balaban J connectivity index is 2.02. The lowest BCUT2D eigenvalue weighted by Crippen LogP contribution is -2.51. The monoisotopic (exact) mass is 443 g/mol. The van der Waals surface area contributed by atoms with Crippen molar-refractivity contribution in [3.05, 3.63) is 75.6 Å². The molecule has 3 rings (SSSR count). The highest BCUT2D eigenvalue weighted by Crippen LogP contribution is 2.41. The summed E-state index contributed by atoms with van der Waals surface area (Å²) in [7, 11) is 1.63. The average Bonchev–Trinajstić information content (AvgIpc) is 3.28. The summed E-state index contributed by atoms with van der Waals surface area (Å²) in [4.78, 5) is 4.63. The molecule has 1 aromatic heterocycles. The Hall–Kier alpha value is -2.74. The lowest BCUT2D eigenvalue weighted by atomic mass is 9.81. The van der Waals surface area contributed by atoms with Crippen LogP contribution in [-0.4, -0.2) is 35.4 Å². The fraction of sp³-hybridized carbons (Fsp3) is 0.273. The number of hydrogen-bond donors (Lipinski definition) is 3. The van der Waals surface area contributed by atoms with Crippen LogP contribution in [0.3, 0.4) is 0 Å². The van der Waals surface area contributed by atoms with Gasteiger partial charge in [0.15, 0.2) is 0 Å². The standard InChI is InChI=1S/C22H23F2N5OS/c1-14(21-28-20(11-31-21)16-5-3-15(10-25)4-6-16)22(30,12-29(13-26)27-2)18-9-17(23)7-8-19(18)24/h3-9,11,14,27,30H,12-13,26H2,1-2H3/t14-,22+/m0/s1. The summed E-state index contributed by atoms with van der Waals surface area (Å²) in [5.74, 6) is -2.04. The molecule has 3 aromatic rings. The molecule has 0 aliphatic carbocycles. The molecule has 0 bridgehead atoms. The number of benzene rings is 2. The molecule has 2 atom stereocenters. The second-order valence-electron chi connectivity index (χ2n) is 7.13. The molecule has 0 fully saturated rings. The van der Waals surface area contributed by atoms with Gasteiger partial charge in [0.1, 0.15) is 17.2 Å². The molecular formula is C22H23F2N5OS. The first kappa shape index (κ1) is 22.9. The van der Waals surface area contributed by atoms with Gasteiger partial charge in [0.2, 0.25) is 0 Å². The van der Waals surface area contributed by atoms with Crippen molar-refractivity contribution in [3.63, 3.8) is 0 Å². The van der Waals surface area contributed by atoms with Crippen LogP contribution in [-0.2, 0) is 5.60 Å². The summed E-state index contributed by atoms with van der Waals surface area (Å²) < 4.78 is 28.7. The quantitative estimate of drug-likeness (QED) is 0.365. The summed E-state index contributed by atoms with van der Waals surface area (Å²) in [5.41, 5.74) is 8.62. The van der Waals surface area contributed by atoms with Gasteiger partial charge < -0.3 is 10.8 Å². The third kappa shape index (κ3) is 4.79. The molecule has 2 aromatic carbocycles. The Bertz CT molecular complexity index is 1080. The molecule has 162 valence electrons. The normalized spacial score (nSPS) is 14.3. The highest BCUT2D eigenvalue weighted by atomic mass is 32.1. The van der Waals surface area contributed by atoms with Crippen LogP contribution in [0.5, 0.6) is 0 Å². The van der Waals surface area contributed by atoms with Crippen molar-refractivity contribution < 1.29 is 13.9 Å². The Kier molecular flexibility index (Phi) is 7.10. The van der Waals surface area contributed by atoms with Crippen LogP contribution in [0.25, 0.3) is 11.3 Å². The largest absolute Gasteiger partial charge is 0.383 e. The van der Waals surface area contributed by atoms with Crippen molar-refractivity contribution in [3.8, 4) is 17.3 Å². The lowest BCUT2D eigenvalue weighted by Gasteiger charge is -2.37. The second kappa shape index (κ2) is 9.60. The van der Waals surface area contributed by atoms with Gasteiger partial charge in [-0.05, 0) is 37.4 Å². The van der Waals surface area contributed by atoms with Gasteiger partial charge in [-0.15, -0.1) is 11.3 Å². The Morgan fingerprint density at radius 2 is 2.00 bits per heavy atom. The summed E-state index contributed by atoms with van der Waals surface area (Å²) in [6.07, 6.45) is 0. The van der Waals surface area contributed by atoms with Crippen molar-refractivity contribution >= 4 is 11.3 Å². The van der Waals surface area contributed by atoms with Crippen molar-refractivity contribution in [1.29, 1.82) is 5.26 Å². The Morgan fingerprint density at radius 3 is 2.61 bits per heavy atom. The summed E-state index contributed by atoms with van der Waals surface area (Å²) in [6, 6.07) is 12.1. The molecule has 6 nitrogen and oxygen atoms in total. The number of thiazole rings is 1. The molecular weight excluding hydrogens is 420 g/mol. The number of aromatic nitrogens is 1. The van der Waals surface area contributed by atoms with E-state index in [-0.39, 0.29) is 18.8 Å². The number of hydrazine groups is 1. The molecule has 0 saturated heterocycles. The molecule has 9 heteroatoms. The van der Waals surface area contributed by atoms with Crippen LogP contribution in [0.2, 0.25) is 0 Å². The predicted molar refractivity (Wildman–Crippen MR) is 116 cm³/mol. The fourth-order valence-electron chi connectivity index (χ4n) is 3.35. The van der Waals surface area contributed by atoms with E-state index in [1.54, 1.807) is 38.2 Å². The van der Waals surface area contributed by atoms with E-state index in [1.807, 2.05) is 5.38 Å². The maximum Gasteiger partial charge on any atom is 0.129 e. The lowest BCUT2D eigenvalue weighted by molar-refractivity contribution is -0.0345. The number of hydrogen-bond acceptors (Lipinski definition) is 7. The van der Waals surface area contributed by atoms with Crippen LogP contribution in [0.4, 0.5) is 8.78 Å². The first-order valence-electron chi connectivity index (χ1n) is 9.58. The first-order valence-corrected chi connectivity index (χ1v) is 10.5. The number of rotatable bonds is 8. The van der Waals surface area contributed by atoms with Gasteiger partial charge in [0.05, 0.1) is 29.0 Å². The first-order chi connectivity index (χ1) is 14.8. The van der Waals surface area contributed by atoms with Crippen molar-refractivity contribution in [2.75, 3.05) is 20.3 Å². The zero-order valence-electron chi connectivity index (χ0n) is 17.1. The van der Waals surface area contributed by atoms with Gasteiger partial charge in [-0.25, -0.2) is 18.8 Å². The van der Waals surface area contributed by atoms with E-state index in [0.29, 0.717) is 16.3 Å². The SMILES string of the molecule is CNN(CN)C[C@](O)(c1cc(F)ccc1F)[C@@H](C)c1nc(-c2ccc(C#N)cc2)cs1. The Labute approximate surface area is 183 Å². The van der Waals surface area contributed by atoms with Gasteiger partial charge >= 0.3 is 0 Å². The summed E-state index contributed by atoms with van der Waals surface area (Å²) in [6.45, 7) is 1.68. The molecule has 0 unspecified atom stereocenters. The van der Waals surface area contributed by atoms with E-state index in [0.717, 1.165) is 23.8 Å². The van der Waals surface area contributed by atoms with Crippen molar-refractivity contribution in [2.45, 2.75) is 18.4 Å². The van der Waals surface area contributed by atoms with Crippen molar-refractivity contribution in [1.82, 2.24) is 15.4 Å².